The summed E-state index contributed by atoms with van der Waals surface area (Å²) in [5, 5.41) is 0. The Morgan fingerprint density at radius 3 is 2.10 bits per heavy atom. The third-order valence-corrected chi connectivity index (χ3v) is 4.65. The van der Waals surface area contributed by atoms with Crippen LogP contribution < -0.4 is 15.2 Å². The molecule has 2 aromatic carbocycles. The van der Waals surface area contributed by atoms with Crippen molar-refractivity contribution in [2.75, 3.05) is 20.0 Å². The molecule has 0 unspecified atom stereocenters. The number of benzene rings is 2. The molecule has 0 bridgehead atoms. The predicted molar refractivity (Wildman–Crippen MR) is 75.9 cm³/mol. The Balaban J connectivity index is 2.68. The van der Waals surface area contributed by atoms with E-state index in [1.54, 1.807) is 18.2 Å². The Morgan fingerprint density at radius 1 is 0.950 bits per heavy atom. The number of nitrogen functional groups attached to an aromatic ring is 1. The Kier molecular flexibility index (Phi) is 3.85. The van der Waals surface area contributed by atoms with Gasteiger partial charge in [0.2, 0.25) is 9.84 Å². The van der Waals surface area contributed by atoms with Crippen LogP contribution in [0.25, 0.3) is 0 Å². The summed E-state index contributed by atoms with van der Waals surface area (Å²) >= 11 is 0. The molecule has 20 heavy (non-hydrogen) atoms. The molecule has 0 radical (unpaired) electrons. The van der Waals surface area contributed by atoms with Crippen molar-refractivity contribution in [1.82, 2.24) is 0 Å². The standard InChI is InChI=1S/C14H15NO4S/c1-18-12-9-14(13(19-2)8-11(12)15)20(16,17)10-6-4-3-5-7-10/h3-9H,15H2,1-2H3. The molecule has 0 amide bonds. The van der Waals surface area contributed by atoms with E-state index in [0.29, 0.717) is 11.4 Å². The molecule has 106 valence electrons. The molecular weight excluding hydrogens is 278 g/mol. The van der Waals surface area contributed by atoms with Gasteiger partial charge in [0.25, 0.3) is 0 Å². The second-order valence-electron chi connectivity index (χ2n) is 4.06. The van der Waals surface area contributed by atoms with Crippen LogP contribution >= 0.6 is 0 Å². The number of ether oxygens (including phenoxy) is 2. The molecule has 0 saturated heterocycles. The van der Waals surface area contributed by atoms with Crippen molar-refractivity contribution in [2.45, 2.75) is 9.79 Å². The summed E-state index contributed by atoms with van der Waals surface area (Å²) in [5.74, 6) is 0.479. The molecule has 2 rings (SSSR count). The number of hydrogen-bond acceptors (Lipinski definition) is 5. The molecule has 2 N–H and O–H groups in total. The van der Waals surface area contributed by atoms with Gasteiger partial charge in [0.1, 0.15) is 16.4 Å². The average molecular weight is 293 g/mol. The van der Waals surface area contributed by atoms with Gasteiger partial charge in [0.15, 0.2) is 0 Å². The first-order valence-electron chi connectivity index (χ1n) is 5.82. The van der Waals surface area contributed by atoms with Crippen molar-refractivity contribution in [3.8, 4) is 11.5 Å². The van der Waals surface area contributed by atoms with E-state index in [-0.39, 0.29) is 15.5 Å². The Bertz CT molecular complexity index is 711. The van der Waals surface area contributed by atoms with Crippen LogP contribution in [0.2, 0.25) is 0 Å². The van der Waals surface area contributed by atoms with Gasteiger partial charge < -0.3 is 15.2 Å². The third-order valence-electron chi connectivity index (χ3n) is 2.86. The second kappa shape index (κ2) is 5.42. The van der Waals surface area contributed by atoms with Crippen LogP contribution in [0.3, 0.4) is 0 Å². The predicted octanol–water partition coefficient (Wildman–Crippen LogP) is 2.12. The van der Waals surface area contributed by atoms with Crippen LogP contribution in [-0.2, 0) is 9.84 Å². The van der Waals surface area contributed by atoms with Gasteiger partial charge in [-0.2, -0.15) is 0 Å². The number of anilines is 1. The maximum Gasteiger partial charge on any atom is 0.210 e. The van der Waals surface area contributed by atoms with E-state index in [4.69, 9.17) is 15.2 Å². The Hall–Kier alpha value is -2.21. The monoisotopic (exact) mass is 293 g/mol. The van der Waals surface area contributed by atoms with Gasteiger partial charge in [-0.05, 0) is 12.1 Å². The van der Waals surface area contributed by atoms with E-state index in [0.717, 1.165) is 0 Å². The minimum Gasteiger partial charge on any atom is -0.495 e. The summed E-state index contributed by atoms with van der Waals surface area (Å²) in [6, 6.07) is 10.9. The summed E-state index contributed by atoms with van der Waals surface area (Å²) in [7, 11) is -0.870. The lowest BCUT2D eigenvalue weighted by Crippen LogP contribution is -2.06. The molecule has 6 heteroatoms. The second-order valence-corrected chi connectivity index (χ2v) is 5.98. The largest absolute Gasteiger partial charge is 0.495 e. The highest BCUT2D eigenvalue weighted by molar-refractivity contribution is 7.91. The van der Waals surface area contributed by atoms with Crippen molar-refractivity contribution >= 4 is 15.5 Å². The van der Waals surface area contributed by atoms with Gasteiger partial charge in [-0.15, -0.1) is 0 Å². The smallest absolute Gasteiger partial charge is 0.210 e. The third kappa shape index (κ3) is 2.42. The molecule has 0 fully saturated rings. The van der Waals surface area contributed by atoms with E-state index >= 15 is 0 Å². The fourth-order valence-corrected chi connectivity index (χ4v) is 3.27. The van der Waals surface area contributed by atoms with Gasteiger partial charge >= 0.3 is 0 Å². The molecule has 5 nitrogen and oxygen atoms in total. The highest BCUT2D eigenvalue weighted by Gasteiger charge is 2.24. The molecule has 0 heterocycles. The first-order valence-corrected chi connectivity index (χ1v) is 7.30. The van der Waals surface area contributed by atoms with E-state index in [1.807, 2.05) is 0 Å². The highest BCUT2D eigenvalue weighted by atomic mass is 32.2. The van der Waals surface area contributed by atoms with E-state index in [1.165, 1.54) is 38.5 Å². The normalized spacial score (nSPS) is 11.1. The zero-order valence-electron chi connectivity index (χ0n) is 11.2. The molecule has 0 aliphatic rings. The molecule has 2 aromatic rings. The lowest BCUT2D eigenvalue weighted by molar-refractivity contribution is 0.394. The maximum absolute atomic E-state index is 12.6. The molecular formula is C14H15NO4S. The summed E-state index contributed by atoms with van der Waals surface area (Å²) in [6.45, 7) is 0. The number of rotatable bonds is 4. The molecule has 0 aromatic heterocycles. The van der Waals surface area contributed by atoms with Gasteiger partial charge in [-0.3, -0.25) is 0 Å². The summed E-state index contributed by atoms with van der Waals surface area (Å²) in [6.07, 6.45) is 0. The Labute approximate surface area is 117 Å². The van der Waals surface area contributed by atoms with Crippen molar-refractivity contribution in [3.05, 3.63) is 42.5 Å². The van der Waals surface area contributed by atoms with E-state index in [2.05, 4.69) is 0 Å². The van der Waals surface area contributed by atoms with Gasteiger partial charge in [-0.25, -0.2) is 8.42 Å². The average Bonchev–Trinajstić information content (AvgIpc) is 2.47. The Morgan fingerprint density at radius 2 is 1.55 bits per heavy atom. The highest BCUT2D eigenvalue weighted by Crippen LogP contribution is 2.36. The van der Waals surface area contributed by atoms with Crippen LogP contribution in [0, 0.1) is 0 Å². The van der Waals surface area contributed by atoms with Gasteiger partial charge in [0, 0.05) is 12.1 Å². The number of hydrogen-bond donors (Lipinski definition) is 1. The molecule has 0 atom stereocenters. The van der Waals surface area contributed by atoms with Crippen molar-refractivity contribution in [3.63, 3.8) is 0 Å². The first-order chi connectivity index (χ1) is 9.50. The first kappa shape index (κ1) is 14.2. The van der Waals surface area contributed by atoms with E-state index < -0.39 is 9.84 Å². The van der Waals surface area contributed by atoms with Gasteiger partial charge in [-0.1, -0.05) is 18.2 Å². The molecule has 0 saturated carbocycles. The number of sulfone groups is 1. The maximum atomic E-state index is 12.6. The van der Waals surface area contributed by atoms with Crippen molar-refractivity contribution in [1.29, 1.82) is 0 Å². The number of methoxy groups -OCH3 is 2. The van der Waals surface area contributed by atoms with Crippen molar-refractivity contribution < 1.29 is 17.9 Å². The van der Waals surface area contributed by atoms with Crippen LogP contribution in [-0.4, -0.2) is 22.6 Å². The quantitative estimate of drug-likeness (QED) is 0.874. The fourth-order valence-electron chi connectivity index (χ4n) is 1.83. The zero-order valence-corrected chi connectivity index (χ0v) is 12.0. The zero-order chi connectivity index (χ0) is 14.8. The fraction of sp³-hybridized carbons (Fsp3) is 0.143. The molecule has 0 spiro atoms. The topological polar surface area (TPSA) is 78.6 Å². The molecule has 0 aliphatic heterocycles. The lowest BCUT2D eigenvalue weighted by atomic mass is 10.3. The summed E-state index contributed by atoms with van der Waals surface area (Å²) in [5.41, 5.74) is 6.07. The summed E-state index contributed by atoms with van der Waals surface area (Å²) < 4.78 is 35.4. The SMILES string of the molecule is COc1cc(S(=O)(=O)c2ccccc2)c(OC)cc1N. The van der Waals surface area contributed by atoms with Crippen LogP contribution in [0.15, 0.2) is 52.3 Å². The van der Waals surface area contributed by atoms with Crippen LogP contribution in [0.4, 0.5) is 5.69 Å². The lowest BCUT2D eigenvalue weighted by Gasteiger charge is -2.13. The minimum absolute atomic E-state index is 0.0252. The van der Waals surface area contributed by atoms with Crippen molar-refractivity contribution in [2.24, 2.45) is 0 Å². The number of nitrogens with two attached hydrogens (primary N) is 1. The molecule has 0 aliphatic carbocycles. The van der Waals surface area contributed by atoms with Gasteiger partial charge in [0.05, 0.1) is 24.8 Å². The van der Waals surface area contributed by atoms with E-state index in [9.17, 15) is 8.42 Å². The summed E-state index contributed by atoms with van der Waals surface area (Å²) in [4.78, 5) is 0.211. The minimum atomic E-state index is -3.69. The van der Waals surface area contributed by atoms with Crippen LogP contribution in [0.5, 0.6) is 11.5 Å². The van der Waals surface area contributed by atoms with Crippen LogP contribution in [0.1, 0.15) is 0 Å².